The Morgan fingerprint density at radius 2 is 1.93 bits per heavy atom. The summed E-state index contributed by atoms with van der Waals surface area (Å²) in [4.78, 5) is 19.4. The van der Waals surface area contributed by atoms with E-state index in [2.05, 4.69) is 48.1 Å². The molecule has 1 aliphatic rings. The molecule has 146 valence electrons. The summed E-state index contributed by atoms with van der Waals surface area (Å²) >= 11 is 0. The summed E-state index contributed by atoms with van der Waals surface area (Å²) in [7, 11) is 0. The van der Waals surface area contributed by atoms with Gasteiger partial charge in [-0.3, -0.25) is 9.69 Å². The molecule has 1 aromatic heterocycles. The highest BCUT2D eigenvalue weighted by molar-refractivity contribution is 5.78. The summed E-state index contributed by atoms with van der Waals surface area (Å²) in [5, 5.41) is 7.19. The van der Waals surface area contributed by atoms with E-state index in [0.29, 0.717) is 12.4 Å². The quantitative estimate of drug-likeness (QED) is 0.873. The molecule has 2 heterocycles. The van der Waals surface area contributed by atoms with Crippen molar-refractivity contribution in [2.45, 2.75) is 58.5 Å². The number of rotatable bonds is 5. The predicted molar refractivity (Wildman–Crippen MR) is 104 cm³/mol. The minimum absolute atomic E-state index is 0.0712. The lowest BCUT2D eigenvalue weighted by Crippen LogP contribution is -2.41. The maximum Gasteiger partial charge on any atom is 0.243 e. The fraction of sp³-hybridized carbons (Fsp3) is 0.571. The smallest absolute Gasteiger partial charge is 0.243 e. The largest absolute Gasteiger partial charge is 0.352 e. The molecule has 1 aromatic carbocycles. The molecule has 2 aromatic rings. The van der Waals surface area contributed by atoms with Gasteiger partial charge in [0, 0.05) is 17.9 Å². The van der Waals surface area contributed by atoms with E-state index in [4.69, 9.17) is 4.52 Å². The zero-order valence-corrected chi connectivity index (χ0v) is 16.7. The molecule has 0 saturated carbocycles. The van der Waals surface area contributed by atoms with Crippen LogP contribution in [0.5, 0.6) is 0 Å². The van der Waals surface area contributed by atoms with Crippen molar-refractivity contribution in [1.29, 1.82) is 0 Å². The standard InChI is InChI=1S/C21H30N4O2/c1-15(19-23-20(24-27-19)21(2,3)4)25-12-10-17(11-13-25)18(26)22-14-16-8-6-5-7-9-16/h5-9,15,17H,10-14H2,1-4H3,(H,22,26)/t15-/m0/s1. The van der Waals surface area contributed by atoms with Gasteiger partial charge in [-0.05, 0) is 38.4 Å². The highest BCUT2D eigenvalue weighted by Crippen LogP contribution is 2.27. The second-order valence-corrected chi connectivity index (χ2v) is 8.40. The van der Waals surface area contributed by atoms with Crippen LogP contribution in [0.15, 0.2) is 34.9 Å². The van der Waals surface area contributed by atoms with Crippen molar-refractivity contribution in [3.05, 3.63) is 47.6 Å². The maximum absolute atomic E-state index is 12.5. The first-order chi connectivity index (χ1) is 12.8. The second kappa shape index (κ2) is 8.21. The normalized spacial score (nSPS) is 17.6. The number of hydrogen-bond acceptors (Lipinski definition) is 5. The van der Waals surface area contributed by atoms with Gasteiger partial charge in [0.1, 0.15) is 0 Å². The summed E-state index contributed by atoms with van der Waals surface area (Å²) in [6.45, 7) is 10.6. The molecule has 1 saturated heterocycles. The topological polar surface area (TPSA) is 71.3 Å². The first kappa shape index (κ1) is 19.5. The van der Waals surface area contributed by atoms with Crippen molar-refractivity contribution in [3.63, 3.8) is 0 Å². The van der Waals surface area contributed by atoms with Gasteiger partial charge in [-0.25, -0.2) is 0 Å². The van der Waals surface area contributed by atoms with Gasteiger partial charge in [-0.1, -0.05) is 56.3 Å². The van der Waals surface area contributed by atoms with Crippen molar-refractivity contribution in [1.82, 2.24) is 20.4 Å². The number of nitrogens with one attached hydrogen (secondary N) is 1. The molecule has 0 bridgehead atoms. The molecule has 0 aliphatic carbocycles. The third-order valence-corrected chi connectivity index (χ3v) is 5.23. The van der Waals surface area contributed by atoms with Crippen molar-refractivity contribution in [2.75, 3.05) is 13.1 Å². The summed E-state index contributed by atoms with van der Waals surface area (Å²) in [5.74, 6) is 1.62. The fourth-order valence-corrected chi connectivity index (χ4v) is 3.34. The van der Waals surface area contributed by atoms with Crippen molar-refractivity contribution in [3.8, 4) is 0 Å². The van der Waals surface area contributed by atoms with Crippen LogP contribution in [-0.4, -0.2) is 34.0 Å². The van der Waals surface area contributed by atoms with E-state index in [0.717, 1.165) is 37.3 Å². The molecule has 1 atom stereocenters. The van der Waals surface area contributed by atoms with Crippen LogP contribution in [0.25, 0.3) is 0 Å². The number of likely N-dealkylation sites (tertiary alicyclic amines) is 1. The van der Waals surface area contributed by atoms with Gasteiger partial charge in [0.05, 0.1) is 6.04 Å². The van der Waals surface area contributed by atoms with Crippen LogP contribution in [-0.2, 0) is 16.8 Å². The molecule has 1 amide bonds. The fourth-order valence-electron chi connectivity index (χ4n) is 3.34. The Hall–Kier alpha value is -2.21. The lowest BCUT2D eigenvalue weighted by atomic mass is 9.94. The van der Waals surface area contributed by atoms with E-state index >= 15 is 0 Å². The van der Waals surface area contributed by atoms with Crippen molar-refractivity contribution >= 4 is 5.91 Å². The van der Waals surface area contributed by atoms with Crippen molar-refractivity contribution in [2.24, 2.45) is 5.92 Å². The number of nitrogens with zero attached hydrogens (tertiary/aromatic N) is 3. The average Bonchev–Trinajstić information content (AvgIpc) is 3.17. The molecule has 0 unspecified atom stereocenters. The molecule has 6 nitrogen and oxygen atoms in total. The van der Waals surface area contributed by atoms with E-state index in [1.54, 1.807) is 0 Å². The number of carbonyl (C=O) groups excluding carboxylic acids is 1. The van der Waals surface area contributed by atoms with E-state index in [9.17, 15) is 4.79 Å². The Bertz CT molecular complexity index is 743. The molecule has 1 N–H and O–H groups in total. The van der Waals surface area contributed by atoms with E-state index in [1.165, 1.54) is 0 Å². The highest BCUT2D eigenvalue weighted by Gasteiger charge is 2.30. The summed E-state index contributed by atoms with van der Waals surface area (Å²) in [6.07, 6.45) is 1.70. The number of piperidine rings is 1. The zero-order valence-electron chi connectivity index (χ0n) is 16.7. The van der Waals surface area contributed by atoms with E-state index < -0.39 is 0 Å². The van der Waals surface area contributed by atoms with Crippen LogP contribution in [0, 0.1) is 5.92 Å². The third-order valence-electron chi connectivity index (χ3n) is 5.23. The van der Waals surface area contributed by atoms with E-state index in [1.807, 2.05) is 30.3 Å². The van der Waals surface area contributed by atoms with Crippen LogP contribution >= 0.6 is 0 Å². The maximum atomic E-state index is 12.5. The zero-order chi connectivity index (χ0) is 19.4. The SMILES string of the molecule is C[C@@H](c1nc(C(C)(C)C)no1)N1CCC(C(=O)NCc2ccccc2)CC1. The average molecular weight is 370 g/mol. The van der Waals surface area contributed by atoms with Crippen LogP contribution < -0.4 is 5.32 Å². The van der Waals surface area contributed by atoms with Crippen LogP contribution in [0.2, 0.25) is 0 Å². The van der Waals surface area contributed by atoms with Gasteiger partial charge >= 0.3 is 0 Å². The Balaban J connectivity index is 1.49. The monoisotopic (exact) mass is 370 g/mol. The summed E-state index contributed by atoms with van der Waals surface area (Å²) < 4.78 is 5.49. The number of benzene rings is 1. The molecule has 1 aliphatic heterocycles. The van der Waals surface area contributed by atoms with Gasteiger partial charge < -0.3 is 9.84 Å². The van der Waals surface area contributed by atoms with Gasteiger partial charge in [0.25, 0.3) is 0 Å². The first-order valence-electron chi connectivity index (χ1n) is 9.74. The van der Waals surface area contributed by atoms with Crippen LogP contribution in [0.3, 0.4) is 0 Å². The van der Waals surface area contributed by atoms with Gasteiger partial charge in [0.15, 0.2) is 5.82 Å². The molecule has 27 heavy (non-hydrogen) atoms. The molecular weight excluding hydrogens is 340 g/mol. The van der Waals surface area contributed by atoms with Gasteiger partial charge in [-0.15, -0.1) is 0 Å². The molecular formula is C21H30N4O2. The summed E-state index contributed by atoms with van der Waals surface area (Å²) in [5.41, 5.74) is 1.01. The molecule has 6 heteroatoms. The van der Waals surface area contributed by atoms with Gasteiger partial charge in [0.2, 0.25) is 11.8 Å². The number of amides is 1. The Kier molecular flexibility index (Phi) is 5.95. The minimum atomic E-state index is -0.120. The lowest BCUT2D eigenvalue weighted by Gasteiger charge is -2.33. The molecule has 0 radical (unpaired) electrons. The van der Waals surface area contributed by atoms with Crippen molar-refractivity contribution < 1.29 is 9.32 Å². The molecule has 0 spiro atoms. The Morgan fingerprint density at radius 3 is 2.52 bits per heavy atom. The Labute approximate surface area is 161 Å². The third kappa shape index (κ3) is 4.95. The van der Waals surface area contributed by atoms with Crippen LogP contribution in [0.4, 0.5) is 0 Å². The summed E-state index contributed by atoms with van der Waals surface area (Å²) in [6, 6.07) is 10.1. The van der Waals surface area contributed by atoms with Gasteiger partial charge in [-0.2, -0.15) is 4.98 Å². The predicted octanol–water partition coefficient (Wildman–Crippen LogP) is 3.46. The highest BCUT2D eigenvalue weighted by atomic mass is 16.5. The lowest BCUT2D eigenvalue weighted by molar-refractivity contribution is -0.126. The number of hydrogen-bond donors (Lipinski definition) is 1. The van der Waals surface area contributed by atoms with Crippen LogP contribution in [0.1, 0.15) is 63.9 Å². The first-order valence-corrected chi connectivity index (χ1v) is 9.74. The van der Waals surface area contributed by atoms with E-state index in [-0.39, 0.29) is 23.3 Å². The minimum Gasteiger partial charge on any atom is -0.352 e. The number of carbonyl (C=O) groups is 1. The molecule has 1 fully saturated rings. The second-order valence-electron chi connectivity index (χ2n) is 8.40. The Morgan fingerprint density at radius 1 is 1.26 bits per heavy atom. The molecule has 3 rings (SSSR count). The number of aromatic nitrogens is 2.